The number of aromatic carboxylic acids is 1. The minimum absolute atomic E-state index is 0.0433. The number of hydrogen-bond donors (Lipinski definition) is 2. The molecule has 2 N–H and O–H groups in total. The molecular weight excluding hydrogens is 406 g/mol. The smallest absolute Gasteiger partial charge is 0.335 e. The number of carbonyl (C=O) groups is 2. The molecule has 3 rings (SSSR count). The van der Waals surface area contributed by atoms with Gasteiger partial charge < -0.3 is 19.9 Å². The monoisotopic (exact) mass is 439 g/mol. The van der Waals surface area contributed by atoms with Crippen molar-refractivity contribution in [2.24, 2.45) is 17.8 Å². The van der Waals surface area contributed by atoms with E-state index in [0.717, 1.165) is 18.4 Å². The number of hydrogen-bond acceptors (Lipinski definition) is 4. The summed E-state index contributed by atoms with van der Waals surface area (Å²) < 4.78 is 11.8. The van der Waals surface area contributed by atoms with Gasteiger partial charge in [0.15, 0.2) is 0 Å². The Labute approximate surface area is 189 Å². The van der Waals surface area contributed by atoms with Crippen molar-refractivity contribution in [3.05, 3.63) is 59.7 Å². The lowest BCUT2D eigenvalue weighted by Gasteiger charge is -2.37. The summed E-state index contributed by atoms with van der Waals surface area (Å²) in [4.78, 5) is 23.4. The van der Waals surface area contributed by atoms with E-state index in [0.29, 0.717) is 35.8 Å². The Hall–Kier alpha value is -2.86. The van der Waals surface area contributed by atoms with Gasteiger partial charge in [0, 0.05) is 11.8 Å². The summed E-state index contributed by atoms with van der Waals surface area (Å²) in [7, 11) is 0. The first kappa shape index (κ1) is 23.8. The molecule has 1 aliphatic rings. The zero-order chi connectivity index (χ0) is 23.1. The van der Waals surface area contributed by atoms with E-state index in [1.807, 2.05) is 18.2 Å². The molecule has 6 heteroatoms. The molecule has 0 bridgehead atoms. The number of anilines is 1. The average molecular weight is 440 g/mol. The molecule has 0 saturated heterocycles. The molecule has 3 atom stereocenters. The van der Waals surface area contributed by atoms with Gasteiger partial charge in [0.2, 0.25) is 5.91 Å². The first-order chi connectivity index (χ1) is 15.3. The second-order valence-electron chi connectivity index (χ2n) is 9.04. The van der Waals surface area contributed by atoms with E-state index in [1.54, 1.807) is 30.3 Å². The van der Waals surface area contributed by atoms with Gasteiger partial charge in [0.25, 0.3) is 0 Å². The van der Waals surface area contributed by atoms with Gasteiger partial charge >= 0.3 is 5.97 Å². The van der Waals surface area contributed by atoms with Crippen LogP contribution in [0.1, 0.15) is 56.0 Å². The lowest BCUT2D eigenvalue weighted by Crippen LogP contribution is -2.36. The summed E-state index contributed by atoms with van der Waals surface area (Å²) in [6, 6.07) is 13.8. The van der Waals surface area contributed by atoms with E-state index >= 15 is 0 Å². The first-order valence-electron chi connectivity index (χ1n) is 11.3. The molecule has 3 unspecified atom stereocenters. The number of nitrogens with one attached hydrogen (secondary N) is 1. The van der Waals surface area contributed by atoms with Crippen LogP contribution in [0.3, 0.4) is 0 Å². The predicted molar refractivity (Wildman–Crippen MR) is 124 cm³/mol. The summed E-state index contributed by atoms with van der Waals surface area (Å²) in [5.74, 6) is 1.17. The summed E-state index contributed by atoms with van der Waals surface area (Å²) >= 11 is 0. The van der Waals surface area contributed by atoms with Gasteiger partial charge in [-0.25, -0.2) is 4.79 Å². The van der Waals surface area contributed by atoms with Crippen molar-refractivity contribution >= 4 is 17.6 Å². The maximum Gasteiger partial charge on any atom is 0.335 e. The third-order valence-corrected chi connectivity index (χ3v) is 6.11. The van der Waals surface area contributed by atoms with E-state index in [-0.39, 0.29) is 24.2 Å². The zero-order valence-electron chi connectivity index (χ0n) is 19.0. The molecule has 1 amide bonds. The van der Waals surface area contributed by atoms with Crippen LogP contribution in [0.15, 0.2) is 48.5 Å². The van der Waals surface area contributed by atoms with Crippen LogP contribution in [0.5, 0.6) is 5.75 Å². The summed E-state index contributed by atoms with van der Waals surface area (Å²) in [5.41, 5.74) is 1.75. The van der Waals surface area contributed by atoms with E-state index in [4.69, 9.17) is 14.6 Å². The fourth-order valence-corrected chi connectivity index (χ4v) is 4.26. The minimum Gasteiger partial charge on any atom is -0.489 e. The van der Waals surface area contributed by atoms with Crippen LogP contribution in [0.2, 0.25) is 0 Å². The van der Waals surface area contributed by atoms with Gasteiger partial charge in [-0.2, -0.15) is 0 Å². The summed E-state index contributed by atoms with van der Waals surface area (Å²) in [6.45, 7) is 7.05. The molecule has 1 fully saturated rings. The van der Waals surface area contributed by atoms with E-state index < -0.39 is 5.97 Å². The van der Waals surface area contributed by atoms with Crippen LogP contribution in [0.4, 0.5) is 5.69 Å². The Morgan fingerprint density at radius 3 is 2.56 bits per heavy atom. The summed E-state index contributed by atoms with van der Waals surface area (Å²) in [6.07, 6.45) is 3.52. The van der Waals surface area contributed by atoms with Gasteiger partial charge in [0.1, 0.15) is 19.0 Å². The quantitative estimate of drug-likeness (QED) is 0.548. The van der Waals surface area contributed by atoms with Crippen molar-refractivity contribution in [1.82, 2.24) is 0 Å². The first-order valence-corrected chi connectivity index (χ1v) is 11.3. The normalized spacial score (nSPS) is 20.7. The standard InChI is InChI=1S/C26H33NO5/c1-17(2)23-12-7-18(3)13-24(23)32-16-25(28)27-21-5-4-6-22(14-21)31-15-19-8-10-20(11-9-19)26(29)30/h4-6,8-11,14,17-18,23-24H,7,12-13,15-16H2,1-3H3,(H,27,28)(H,29,30). The molecule has 6 nitrogen and oxygen atoms in total. The van der Waals surface area contributed by atoms with Crippen molar-refractivity contribution in [2.75, 3.05) is 11.9 Å². The third kappa shape index (κ3) is 6.82. The Morgan fingerprint density at radius 1 is 1.12 bits per heavy atom. The van der Waals surface area contributed by atoms with Crippen LogP contribution in [0, 0.1) is 17.8 Å². The number of carboxylic acids is 1. The molecule has 0 aromatic heterocycles. The SMILES string of the molecule is CC1CCC(C(C)C)C(OCC(=O)Nc2cccc(OCc3ccc(C(=O)O)cc3)c2)C1. The Balaban J connectivity index is 1.50. The van der Waals surface area contributed by atoms with Crippen molar-refractivity contribution in [1.29, 1.82) is 0 Å². The number of rotatable bonds is 9. The highest BCUT2D eigenvalue weighted by molar-refractivity contribution is 5.91. The number of ether oxygens (including phenoxy) is 2. The summed E-state index contributed by atoms with van der Waals surface area (Å²) in [5, 5.41) is 11.9. The van der Waals surface area contributed by atoms with Gasteiger partial charge in [-0.3, -0.25) is 4.79 Å². The molecule has 0 aliphatic heterocycles. The second kappa shape index (κ2) is 11.1. The molecule has 0 spiro atoms. The molecular formula is C26H33NO5. The van der Waals surface area contributed by atoms with Gasteiger partial charge in [-0.15, -0.1) is 0 Å². The van der Waals surface area contributed by atoms with Crippen LogP contribution in [-0.2, 0) is 16.1 Å². The highest BCUT2D eigenvalue weighted by Crippen LogP contribution is 2.35. The molecule has 1 saturated carbocycles. The van der Waals surface area contributed by atoms with Crippen molar-refractivity contribution in [3.8, 4) is 5.75 Å². The third-order valence-electron chi connectivity index (χ3n) is 6.11. The topological polar surface area (TPSA) is 84.9 Å². The van der Waals surface area contributed by atoms with E-state index in [1.165, 1.54) is 6.42 Å². The fourth-order valence-electron chi connectivity index (χ4n) is 4.26. The van der Waals surface area contributed by atoms with Crippen LogP contribution < -0.4 is 10.1 Å². The maximum atomic E-state index is 12.5. The highest BCUT2D eigenvalue weighted by Gasteiger charge is 2.31. The molecule has 0 radical (unpaired) electrons. The van der Waals surface area contributed by atoms with Crippen molar-refractivity contribution < 1.29 is 24.2 Å². The lowest BCUT2D eigenvalue weighted by molar-refractivity contribution is -0.126. The number of amides is 1. The average Bonchev–Trinajstić information content (AvgIpc) is 2.76. The molecule has 2 aromatic rings. The minimum atomic E-state index is -0.956. The van der Waals surface area contributed by atoms with Gasteiger partial charge in [-0.05, 0) is 60.4 Å². The molecule has 0 heterocycles. The molecule has 172 valence electrons. The fraction of sp³-hybridized carbons (Fsp3) is 0.462. The van der Waals surface area contributed by atoms with Crippen LogP contribution in [-0.4, -0.2) is 29.7 Å². The number of carboxylic acid groups (broad SMARTS) is 1. The Kier molecular flexibility index (Phi) is 8.28. The highest BCUT2D eigenvalue weighted by atomic mass is 16.5. The van der Waals surface area contributed by atoms with Crippen LogP contribution >= 0.6 is 0 Å². The Morgan fingerprint density at radius 2 is 1.88 bits per heavy atom. The van der Waals surface area contributed by atoms with E-state index in [9.17, 15) is 9.59 Å². The molecule has 1 aliphatic carbocycles. The molecule has 2 aromatic carbocycles. The largest absolute Gasteiger partial charge is 0.489 e. The maximum absolute atomic E-state index is 12.5. The predicted octanol–water partition coefficient (Wildman–Crippen LogP) is 5.38. The van der Waals surface area contributed by atoms with Gasteiger partial charge in [-0.1, -0.05) is 45.4 Å². The second-order valence-corrected chi connectivity index (χ2v) is 9.04. The van der Waals surface area contributed by atoms with Crippen LogP contribution in [0.25, 0.3) is 0 Å². The van der Waals surface area contributed by atoms with Gasteiger partial charge in [0.05, 0.1) is 11.7 Å². The lowest BCUT2D eigenvalue weighted by atomic mass is 9.75. The zero-order valence-corrected chi connectivity index (χ0v) is 19.0. The van der Waals surface area contributed by atoms with Crippen molar-refractivity contribution in [2.45, 2.75) is 52.7 Å². The van der Waals surface area contributed by atoms with E-state index in [2.05, 4.69) is 26.1 Å². The number of benzene rings is 2. The number of carbonyl (C=O) groups excluding carboxylic acids is 1. The molecule has 32 heavy (non-hydrogen) atoms. The van der Waals surface area contributed by atoms with Crippen molar-refractivity contribution in [3.63, 3.8) is 0 Å². The Bertz CT molecular complexity index is 909.